The fourth-order valence-electron chi connectivity index (χ4n) is 1.51. The molecule has 96 valence electrons. The third-order valence-electron chi connectivity index (χ3n) is 2.85. The van der Waals surface area contributed by atoms with Crippen LogP contribution in [0.1, 0.15) is 33.3 Å². The van der Waals surface area contributed by atoms with Crippen LogP contribution in [0.2, 0.25) is 5.02 Å². The second-order valence-electron chi connectivity index (χ2n) is 4.96. The van der Waals surface area contributed by atoms with Crippen LogP contribution in [0, 0.1) is 5.92 Å². The Hall–Kier alpha value is -0.180. The predicted octanol–water partition coefficient (Wildman–Crippen LogP) is 4.37. The third-order valence-corrected chi connectivity index (χ3v) is 4.76. The van der Waals surface area contributed by atoms with Gasteiger partial charge in [0.25, 0.3) is 0 Å². The second kappa shape index (κ2) is 6.67. The van der Waals surface area contributed by atoms with E-state index in [4.69, 9.17) is 17.3 Å². The van der Waals surface area contributed by atoms with Gasteiger partial charge in [0.15, 0.2) is 0 Å². The Labute approximate surface area is 114 Å². The van der Waals surface area contributed by atoms with Gasteiger partial charge in [-0.2, -0.15) is 0 Å². The zero-order chi connectivity index (χ0) is 13.0. The smallest absolute Gasteiger partial charge is 0.0449 e. The van der Waals surface area contributed by atoms with Crippen molar-refractivity contribution >= 4 is 23.4 Å². The van der Waals surface area contributed by atoms with Crippen LogP contribution in [0.15, 0.2) is 23.1 Å². The predicted molar refractivity (Wildman–Crippen MR) is 79.0 cm³/mol. The lowest BCUT2D eigenvalue weighted by molar-refractivity contribution is 0.641. The first-order valence-electron chi connectivity index (χ1n) is 6.11. The van der Waals surface area contributed by atoms with E-state index < -0.39 is 0 Å². The maximum Gasteiger partial charge on any atom is 0.0449 e. The minimum absolute atomic E-state index is 0.142. The maximum atomic E-state index is 6.27. The Balaban J connectivity index is 2.94. The van der Waals surface area contributed by atoms with Crippen LogP contribution in [0.3, 0.4) is 0 Å². The average Bonchev–Trinajstić information content (AvgIpc) is 2.22. The number of hydrogen-bond donors (Lipinski definition) is 1. The van der Waals surface area contributed by atoms with E-state index in [2.05, 4.69) is 26.8 Å². The van der Waals surface area contributed by atoms with Crippen molar-refractivity contribution in [2.24, 2.45) is 11.7 Å². The van der Waals surface area contributed by atoms with Crippen LogP contribution >= 0.6 is 23.4 Å². The molecule has 0 saturated heterocycles. The largest absolute Gasteiger partial charge is 0.328 e. The van der Waals surface area contributed by atoms with Gasteiger partial charge in [-0.1, -0.05) is 38.4 Å². The molecule has 0 aliphatic carbocycles. The molecule has 2 atom stereocenters. The molecule has 0 spiro atoms. The number of thioether (sulfide) groups is 1. The highest BCUT2D eigenvalue weighted by Crippen LogP contribution is 2.34. The van der Waals surface area contributed by atoms with Crippen molar-refractivity contribution in [3.05, 3.63) is 28.8 Å². The molecule has 2 unspecified atom stereocenters. The molecule has 1 aromatic rings. The molecule has 2 N–H and O–H groups in total. The summed E-state index contributed by atoms with van der Waals surface area (Å²) in [4.78, 5) is 1.27. The number of halogens is 1. The highest BCUT2D eigenvalue weighted by Gasteiger charge is 2.14. The minimum atomic E-state index is 0.142. The van der Waals surface area contributed by atoms with Crippen molar-refractivity contribution < 1.29 is 0 Å². The molecule has 0 fully saturated rings. The molecule has 1 nitrogen and oxygen atoms in total. The summed E-state index contributed by atoms with van der Waals surface area (Å²) >= 11 is 8.16. The summed E-state index contributed by atoms with van der Waals surface area (Å²) in [5.41, 5.74) is 7.08. The van der Waals surface area contributed by atoms with Gasteiger partial charge in [-0.3, -0.25) is 0 Å². The molecule has 0 radical (unpaired) electrons. The summed E-state index contributed by atoms with van der Waals surface area (Å²) in [7, 11) is 0. The van der Waals surface area contributed by atoms with E-state index in [1.165, 1.54) is 10.5 Å². The summed E-state index contributed by atoms with van der Waals surface area (Å²) in [6, 6.07) is 6.25. The first kappa shape index (κ1) is 14.9. The molecule has 0 bridgehead atoms. The van der Waals surface area contributed by atoms with Crippen LogP contribution in [0.5, 0.6) is 0 Å². The molecule has 0 heterocycles. The van der Waals surface area contributed by atoms with Crippen LogP contribution < -0.4 is 5.73 Å². The van der Waals surface area contributed by atoms with Crippen molar-refractivity contribution in [1.29, 1.82) is 0 Å². The van der Waals surface area contributed by atoms with Crippen LogP contribution in [0.25, 0.3) is 0 Å². The van der Waals surface area contributed by atoms with Gasteiger partial charge in [0.1, 0.15) is 0 Å². The fraction of sp³-hybridized carbons (Fsp3) is 0.571. The number of nitrogens with two attached hydrogens (primary N) is 1. The lowest BCUT2D eigenvalue weighted by Gasteiger charge is -2.19. The lowest BCUT2D eigenvalue weighted by Crippen LogP contribution is -2.18. The Bertz CT molecular complexity index is 363. The van der Waals surface area contributed by atoms with Crippen molar-refractivity contribution in [2.75, 3.05) is 0 Å². The molecule has 0 aliphatic heterocycles. The SMILES string of the molecule is CC(N)Cc1c(Cl)cccc1SC(C)C(C)C. The summed E-state index contributed by atoms with van der Waals surface area (Å²) in [5, 5.41) is 1.42. The summed E-state index contributed by atoms with van der Waals surface area (Å²) in [6.07, 6.45) is 0.840. The fourth-order valence-corrected chi connectivity index (χ4v) is 2.98. The molecule has 1 aromatic carbocycles. The first-order valence-corrected chi connectivity index (χ1v) is 7.37. The van der Waals surface area contributed by atoms with Gasteiger partial charge in [0, 0.05) is 21.2 Å². The van der Waals surface area contributed by atoms with E-state index in [0.29, 0.717) is 11.2 Å². The molecule has 1 rings (SSSR count). The van der Waals surface area contributed by atoms with E-state index in [-0.39, 0.29) is 6.04 Å². The highest BCUT2D eigenvalue weighted by molar-refractivity contribution is 8.00. The topological polar surface area (TPSA) is 26.0 Å². The van der Waals surface area contributed by atoms with Gasteiger partial charge < -0.3 is 5.73 Å². The number of benzene rings is 1. The summed E-state index contributed by atoms with van der Waals surface area (Å²) in [5.74, 6) is 0.655. The zero-order valence-electron chi connectivity index (χ0n) is 11.0. The van der Waals surface area contributed by atoms with E-state index >= 15 is 0 Å². The standard InChI is InChI=1S/C14H22ClNS/c1-9(2)11(4)17-14-7-5-6-13(15)12(14)8-10(3)16/h5-7,9-11H,8,16H2,1-4H3. The van der Waals surface area contributed by atoms with Gasteiger partial charge >= 0.3 is 0 Å². The molecule has 17 heavy (non-hydrogen) atoms. The Morgan fingerprint density at radius 2 is 1.88 bits per heavy atom. The molecule has 0 aliphatic rings. The van der Waals surface area contributed by atoms with Crippen LogP contribution in [0.4, 0.5) is 0 Å². The van der Waals surface area contributed by atoms with E-state index in [1.807, 2.05) is 30.8 Å². The zero-order valence-corrected chi connectivity index (χ0v) is 12.6. The molecule has 0 amide bonds. The van der Waals surface area contributed by atoms with Crippen molar-refractivity contribution in [1.82, 2.24) is 0 Å². The summed E-state index contributed by atoms with van der Waals surface area (Å²) < 4.78 is 0. The third kappa shape index (κ3) is 4.53. The van der Waals surface area contributed by atoms with Gasteiger partial charge in [-0.05, 0) is 37.0 Å². The van der Waals surface area contributed by atoms with Crippen molar-refractivity contribution in [2.45, 2.75) is 50.3 Å². The van der Waals surface area contributed by atoms with E-state index in [0.717, 1.165) is 11.4 Å². The highest BCUT2D eigenvalue weighted by atomic mass is 35.5. The second-order valence-corrected chi connectivity index (χ2v) is 6.79. The van der Waals surface area contributed by atoms with Gasteiger partial charge in [0.2, 0.25) is 0 Å². The first-order chi connectivity index (χ1) is 7.91. The molecular weight excluding hydrogens is 250 g/mol. The Morgan fingerprint density at radius 1 is 1.24 bits per heavy atom. The van der Waals surface area contributed by atoms with Gasteiger partial charge in [0.05, 0.1) is 0 Å². The minimum Gasteiger partial charge on any atom is -0.328 e. The molecule has 3 heteroatoms. The Kier molecular flexibility index (Phi) is 5.84. The van der Waals surface area contributed by atoms with Crippen molar-refractivity contribution in [3.63, 3.8) is 0 Å². The number of rotatable bonds is 5. The van der Waals surface area contributed by atoms with E-state index in [9.17, 15) is 0 Å². The quantitative estimate of drug-likeness (QED) is 0.805. The molecule has 0 aromatic heterocycles. The normalized spacial score (nSPS) is 15.0. The van der Waals surface area contributed by atoms with Gasteiger partial charge in [-0.25, -0.2) is 0 Å². The maximum absolute atomic E-state index is 6.27. The van der Waals surface area contributed by atoms with Crippen LogP contribution in [-0.2, 0) is 6.42 Å². The van der Waals surface area contributed by atoms with Crippen molar-refractivity contribution in [3.8, 4) is 0 Å². The summed E-state index contributed by atoms with van der Waals surface area (Å²) in [6.45, 7) is 8.76. The lowest BCUT2D eigenvalue weighted by atomic mass is 10.1. The Morgan fingerprint density at radius 3 is 2.41 bits per heavy atom. The average molecular weight is 272 g/mol. The molecular formula is C14H22ClNS. The van der Waals surface area contributed by atoms with Gasteiger partial charge in [-0.15, -0.1) is 11.8 Å². The number of hydrogen-bond acceptors (Lipinski definition) is 2. The van der Waals surface area contributed by atoms with Crippen LogP contribution in [-0.4, -0.2) is 11.3 Å². The molecule has 0 saturated carbocycles. The monoisotopic (exact) mass is 271 g/mol. The van der Waals surface area contributed by atoms with E-state index in [1.54, 1.807) is 0 Å².